The predicted octanol–water partition coefficient (Wildman–Crippen LogP) is 4.16. The van der Waals surface area contributed by atoms with Crippen LogP contribution in [0, 0.1) is 5.82 Å². The number of hydrogen-bond acceptors (Lipinski definition) is 2. The molecule has 0 saturated heterocycles. The average molecular weight is 280 g/mol. The van der Waals surface area contributed by atoms with E-state index >= 15 is 0 Å². The van der Waals surface area contributed by atoms with Crippen LogP contribution in [-0.2, 0) is 6.42 Å². The zero-order valence-corrected chi connectivity index (χ0v) is 11.3. The van der Waals surface area contributed by atoms with Crippen LogP contribution in [0.2, 0.25) is 5.02 Å². The number of halogens is 2. The zero-order chi connectivity index (χ0) is 13.8. The Balaban J connectivity index is 2.27. The molecule has 0 saturated carbocycles. The summed E-state index contributed by atoms with van der Waals surface area (Å²) < 4.78 is 18.6. The predicted molar refractivity (Wildman–Crippen MR) is 75.3 cm³/mol. The van der Waals surface area contributed by atoms with Crippen LogP contribution in [0.15, 0.2) is 42.5 Å². The van der Waals surface area contributed by atoms with Gasteiger partial charge in [0.2, 0.25) is 0 Å². The van der Waals surface area contributed by atoms with Crippen LogP contribution in [0.25, 0.3) is 0 Å². The van der Waals surface area contributed by atoms with Gasteiger partial charge in [-0.25, -0.2) is 4.39 Å². The fraction of sp³-hybridized carbons (Fsp3) is 0.200. The van der Waals surface area contributed by atoms with Crippen molar-refractivity contribution in [2.24, 2.45) is 5.73 Å². The third kappa shape index (κ3) is 3.94. The summed E-state index contributed by atoms with van der Waals surface area (Å²) in [7, 11) is 0. The molecule has 0 bridgehead atoms. The number of ether oxygens (including phenoxy) is 1. The molecule has 0 aliphatic heterocycles. The van der Waals surface area contributed by atoms with Gasteiger partial charge < -0.3 is 10.5 Å². The SMILES string of the molecule is CC(N)Cc1ccc(Cl)cc1Oc1ccc(F)cc1. The van der Waals surface area contributed by atoms with Gasteiger partial charge >= 0.3 is 0 Å². The Morgan fingerprint density at radius 2 is 1.89 bits per heavy atom. The van der Waals surface area contributed by atoms with E-state index in [1.54, 1.807) is 24.3 Å². The topological polar surface area (TPSA) is 35.2 Å². The average Bonchev–Trinajstić information content (AvgIpc) is 2.35. The van der Waals surface area contributed by atoms with E-state index in [-0.39, 0.29) is 11.9 Å². The normalized spacial score (nSPS) is 12.2. The Morgan fingerprint density at radius 1 is 1.21 bits per heavy atom. The molecule has 0 fully saturated rings. The minimum absolute atomic E-state index is 0.0248. The summed E-state index contributed by atoms with van der Waals surface area (Å²) in [5.74, 6) is 0.917. The summed E-state index contributed by atoms with van der Waals surface area (Å²) in [6, 6.07) is 11.3. The molecule has 19 heavy (non-hydrogen) atoms. The molecule has 0 aromatic heterocycles. The number of benzene rings is 2. The van der Waals surface area contributed by atoms with Gasteiger partial charge in [0, 0.05) is 11.1 Å². The van der Waals surface area contributed by atoms with E-state index in [1.165, 1.54) is 12.1 Å². The van der Waals surface area contributed by atoms with E-state index in [0.29, 0.717) is 22.9 Å². The summed E-state index contributed by atoms with van der Waals surface area (Å²) in [6.45, 7) is 1.93. The van der Waals surface area contributed by atoms with Crippen LogP contribution in [-0.4, -0.2) is 6.04 Å². The minimum Gasteiger partial charge on any atom is -0.457 e. The Labute approximate surface area is 117 Å². The summed E-state index contributed by atoms with van der Waals surface area (Å²) in [5.41, 5.74) is 6.78. The molecule has 2 rings (SSSR count). The Morgan fingerprint density at radius 3 is 2.53 bits per heavy atom. The van der Waals surface area contributed by atoms with E-state index < -0.39 is 0 Å². The highest BCUT2D eigenvalue weighted by atomic mass is 35.5. The van der Waals surface area contributed by atoms with Crippen molar-refractivity contribution in [3.8, 4) is 11.5 Å². The maximum absolute atomic E-state index is 12.8. The lowest BCUT2D eigenvalue weighted by Gasteiger charge is -2.13. The lowest BCUT2D eigenvalue weighted by Crippen LogP contribution is -2.18. The van der Waals surface area contributed by atoms with Crippen LogP contribution in [0.1, 0.15) is 12.5 Å². The van der Waals surface area contributed by atoms with Gasteiger partial charge in [0.1, 0.15) is 17.3 Å². The van der Waals surface area contributed by atoms with Gasteiger partial charge in [-0.1, -0.05) is 17.7 Å². The van der Waals surface area contributed by atoms with E-state index in [9.17, 15) is 4.39 Å². The van der Waals surface area contributed by atoms with Crippen molar-refractivity contribution in [2.45, 2.75) is 19.4 Å². The second kappa shape index (κ2) is 6.04. The van der Waals surface area contributed by atoms with Crippen LogP contribution < -0.4 is 10.5 Å². The van der Waals surface area contributed by atoms with E-state index in [2.05, 4.69) is 0 Å². The molecular formula is C15H15ClFNO. The van der Waals surface area contributed by atoms with Gasteiger partial charge in [0.25, 0.3) is 0 Å². The summed E-state index contributed by atoms with van der Waals surface area (Å²) >= 11 is 5.97. The van der Waals surface area contributed by atoms with Crippen LogP contribution in [0.5, 0.6) is 11.5 Å². The van der Waals surface area contributed by atoms with Crippen molar-refractivity contribution in [1.29, 1.82) is 0 Å². The Bertz CT molecular complexity index is 555. The minimum atomic E-state index is -0.297. The van der Waals surface area contributed by atoms with Crippen molar-refractivity contribution in [2.75, 3.05) is 0 Å². The first kappa shape index (κ1) is 13.8. The van der Waals surface area contributed by atoms with Crippen molar-refractivity contribution < 1.29 is 9.13 Å². The molecule has 0 amide bonds. The monoisotopic (exact) mass is 279 g/mol. The lowest BCUT2D eigenvalue weighted by molar-refractivity contribution is 0.472. The molecule has 0 heterocycles. The molecule has 2 N–H and O–H groups in total. The van der Waals surface area contributed by atoms with Gasteiger partial charge in [-0.3, -0.25) is 0 Å². The molecule has 1 atom stereocenters. The lowest BCUT2D eigenvalue weighted by atomic mass is 10.1. The zero-order valence-electron chi connectivity index (χ0n) is 10.6. The quantitative estimate of drug-likeness (QED) is 0.912. The molecule has 2 aromatic rings. The first-order chi connectivity index (χ1) is 9.04. The molecular weight excluding hydrogens is 265 g/mol. The van der Waals surface area contributed by atoms with Gasteiger partial charge in [0.05, 0.1) is 0 Å². The number of hydrogen-bond donors (Lipinski definition) is 1. The fourth-order valence-corrected chi connectivity index (χ4v) is 1.93. The molecule has 2 nitrogen and oxygen atoms in total. The third-order valence-electron chi connectivity index (χ3n) is 2.61. The molecule has 4 heteroatoms. The van der Waals surface area contributed by atoms with Gasteiger partial charge in [-0.15, -0.1) is 0 Å². The molecule has 0 spiro atoms. The molecule has 2 aromatic carbocycles. The second-order valence-electron chi connectivity index (χ2n) is 4.49. The third-order valence-corrected chi connectivity index (χ3v) is 2.85. The van der Waals surface area contributed by atoms with E-state index in [1.807, 2.05) is 13.0 Å². The Hall–Kier alpha value is -1.58. The molecule has 0 aliphatic carbocycles. The fourth-order valence-electron chi connectivity index (χ4n) is 1.77. The van der Waals surface area contributed by atoms with Crippen LogP contribution in [0.3, 0.4) is 0 Å². The maximum Gasteiger partial charge on any atom is 0.132 e. The number of rotatable bonds is 4. The first-order valence-corrected chi connectivity index (χ1v) is 6.40. The summed E-state index contributed by atoms with van der Waals surface area (Å²) in [5, 5.41) is 0.588. The highest BCUT2D eigenvalue weighted by molar-refractivity contribution is 6.30. The molecule has 0 aliphatic rings. The highest BCUT2D eigenvalue weighted by Crippen LogP contribution is 2.29. The largest absolute Gasteiger partial charge is 0.457 e. The van der Waals surface area contributed by atoms with Crippen molar-refractivity contribution in [3.63, 3.8) is 0 Å². The standard InChI is InChI=1S/C15H15ClFNO/c1-10(18)8-11-2-3-12(16)9-15(11)19-14-6-4-13(17)5-7-14/h2-7,9-10H,8,18H2,1H3. The van der Waals surface area contributed by atoms with Gasteiger partial charge in [-0.2, -0.15) is 0 Å². The molecule has 100 valence electrons. The van der Waals surface area contributed by atoms with Crippen LogP contribution in [0.4, 0.5) is 4.39 Å². The van der Waals surface area contributed by atoms with Crippen molar-refractivity contribution >= 4 is 11.6 Å². The first-order valence-electron chi connectivity index (χ1n) is 6.02. The van der Waals surface area contributed by atoms with Gasteiger partial charge in [-0.05, 0) is 55.3 Å². The smallest absolute Gasteiger partial charge is 0.132 e. The van der Waals surface area contributed by atoms with Crippen molar-refractivity contribution in [3.05, 3.63) is 58.9 Å². The van der Waals surface area contributed by atoms with Crippen molar-refractivity contribution in [1.82, 2.24) is 0 Å². The van der Waals surface area contributed by atoms with Gasteiger partial charge in [0.15, 0.2) is 0 Å². The van der Waals surface area contributed by atoms with E-state index in [4.69, 9.17) is 22.1 Å². The Kier molecular flexibility index (Phi) is 4.40. The molecule has 1 unspecified atom stereocenters. The summed E-state index contributed by atoms with van der Waals surface area (Å²) in [4.78, 5) is 0. The second-order valence-corrected chi connectivity index (χ2v) is 4.93. The van der Waals surface area contributed by atoms with Crippen LogP contribution >= 0.6 is 11.6 Å². The molecule has 0 radical (unpaired) electrons. The van der Waals surface area contributed by atoms with E-state index in [0.717, 1.165) is 5.56 Å². The highest BCUT2D eigenvalue weighted by Gasteiger charge is 2.08. The summed E-state index contributed by atoms with van der Waals surface area (Å²) in [6.07, 6.45) is 0.688. The number of nitrogens with two attached hydrogens (primary N) is 1. The maximum atomic E-state index is 12.8.